The van der Waals surface area contributed by atoms with Crippen LogP contribution in [0.4, 0.5) is 5.69 Å². The number of halogens is 1. The summed E-state index contributed by atoms with van der Waals surface area (Å²) in [5, 5.41) is 2.73. The highest BCUT2D eigenvalue weighted by Crippen LogP contribution is 2.22. The van der Waals surface area contributed by atoms with Gasteiger partial charge in [-0.25, -0.2) is 9.78 Å². The van der Waals surface area contributed by atoms with Gasteiger partial charge in [0.15, 0.2) is 11.3 Å². The van der Waals surface area contributed by atoms with Gasteiger partial charge in [-0.15, -0.1) is 0 Å². The van der Waals surface area contributed by atoms with Crippen LogP contribution in [-0.2, 0) is 9.53 Å². The molecule has 2 rings (SSSR count). The Kier molecular flexibility index (Phi) is 5.05. The predicted molar refractivity (Wildman–Crippen MR) is 85.7 cm³/mol. The third-order valence-corrected chi connectivity index (χ3v) is 3.74. The van der Waals surface area contributed by atoms with Gasteiger partial charge in [-0.2, -0.15) is 0 Å². The number of rotatable bonds is 4. The quantitative estimate of drug-likeness (QED) is 0.683. The molecule has 2 aromatic rings. The van der Waals surface area contributed by atoms with Crippen molar-refractivity contribution in [2.24, 2.45) is 0 Å². The van der Waals surface area contributed by atoms with E-state index in [9.17, 15) is 9.59 Å². The first-order valence-corrected chi connectivity index (χ1v) is 7.38. The summed E-state index contributed by atoms with van der Waals surface area (Å²) in [6.07, 6.45) is 0.515. The molecule has 0 fully saturated rings. The first-order valence-electron chi connectivity index (χ1n) is 7.00. The van der Waals surface area contributed by atoms with Crippen LogP contribution in [0.25, 0.3) is 0 Å². The highest BCUT2D eigenvalue weighted by Gasteiger charge is 2.25. The fourth-order valence-electron chi connectivity index (χ4n) is 2.08. The smallest absolute Gasteiger partial charge is 0.342 e. The maximum absolute atomic E-state index is 12.2. The number of pyridine rings is 1. The Balaban J connectivity index is 2.06. The van der Waals surface area contributed by atoms with Crippen molar-refractivity contribution < 1.29 is 18.7 Å². The number of anilines is 1. The van der Waals surface area contributed by atoms with Crippen LogP contribution in [0.15, 0.2) is 22.7 Å². The molecule has 0 bridgehead atoms. The summed E-state index contributed by atoms with van der Waals surface area (Å²) >= 11 is 5.87. The van der Waals surface area contributed by atoms with Gasteiger partial charge in [-0.3, -0.25) is 4.79 Å². The number of esters is 1. The summed E-state index contributed by atoms with van der Waals surface area (Å²) < 4.78 is 10.6. The molecule has 7 heteroatoms. The van der Waals surface area contributed by atoms with Crippen molar-refractivity contribution in [1.82, 2.24) is 4.98 Å². The molecule has 0 aliphatic carbocycles. The Morgan fingerprint density at radius 3 is 2.57 bits per heavy atom. The molecule has 1 amide bonds. The molecule has 0 aliphatic rings. The van der Waals surface area contributed by atoms with E-state index in [1.165, 1.54) is 13.1 Å². The van der Waals surface area contributed by atoms with Gasteiger partial charge < -0.3 is 14.5 Å². The topological polar surface area (TPSA) is 81.4 Å². The van der Waals surface area contributed by atoms with Gasteiger partial charge in [-0.05, 0) is 39.8 Å². The number of aromatic nitrogens is 1. The third kappa shape index (κ3) is 3.71. The van der Waals surface area contributed by atoms with E-state index in [2.05, 4.69) is 10.3 Å². The maximum atomic E-state index is 12.2. The van der Waals surface area contributed by atoms with Crippen LogP contribution in [0, 0.1) is 20.8 Å². The highest BCUT2D eigenvalue weighted by atomic mass is 35.5. The standard InChI is InChI=1S/C16H17ClN2O4/c1-8-9(2)22-10(3)13(8)16(21)23-11(4)15(20)19-12-6-5-7-18-14(12)17/h5-7,11H,1-4H3,(H,19,20). The van der Waals surface area contributed by atoms with Gasteiger partial charge in [0, 0.05) is 11.8 Å². The van der Waals surface area contributed by atoms with Gasteiger partial charge >= 0.3 is 5.97 Å². The minimum Gasteiger partial charge on any atom is -0.465 e. The maximum Gasteiger partial charge on any atom is 0.342 e. The van der Waals surface area contributed by atoms with Crippen LogP contribution in [0.5, 0.6) is 0 Å². The minimum atomic E-state index is -0.993. The minimum absolute atomic E-state index is 0.163. The second-order valence-corrected chi connectivity index (χ2v) is 5.45. The van der Waals surface area contributed by atoms with E-state index in [-0.39, 0.29) is 5.15 Å². The third-order valence-electron chi connectivity index (χ3n) is 3.44. The highest BCUT2D eigenvalue weighted by molar-refractivity contribution is 6.32. The Hall–Kier alpha value is -2.34. The van der Waals surface area contributed by atoms with Crippen molar-refractivity contribution in [3.63, 3.8) is 0 Å². The molecule has 0 saturated carbocycles. The van der Waals surface area contributed by atoms with Gasteiger partial charge in [-0.1, -0.05) is 11.6 Å². The van der Waals surface area contributed by atoms with Crippen LogP contribution in [-0.4, -0.2) is 23.0 Å². The summed E-state index contributed by atoms with van der Waals surface area (Å²) in [5.74, 6) is 0.0159. The predicted octanol–water partition coefficient (Wildman–Crippen LogP) is 3.44. The molecule has 1 unspecified atom stereocenters. The van der Waals surface area contributed by atoms with Crippen LogP contribution in [0.1, 0.15) is 34.4 Å². The number of carbonyl (C=O) groups excluding carboxylic acids is 2. The zero-order valence-corrected chi connectivity index (χ0v) is 14.0. The average molecular weight is 337 g/mol. The first kappa shape index (κ1) is 17.0. The van der Waals surface area contributed by atoms with E-state index in [4.69, 9.17) is 20.8 Å². The number of nitrogens with zero attached hydrogens (tertiary/aromatic N) is 1. The first-order chi connectivity index (χ1) is 10.8. The van der Waals surface area contributed by atoms with Crippen LogP contribution in [0.3, 0.4) is 0 Å². The zero-order valence-electron chi connectivity index (χ0n) is 13.3. The van der Waals surface area contributed by atoms with E-state index in [1.54, 1.807) is 32.9 Å². The Bertz CT molecular complexity index is 755. The van der Waals surface area contributed by atoms with Crippen molar-refractivity contribution in [3.05, 3.63) is 46.1 Å². The van der Waals surface area contributed by atoms with E-state index < -0.39 is 18.0 Å². The van der Waals surface area contributed by atoms with Crippen LogP contribution >= 0.6 is 11.6 Å². The molecular formula is C16H17ClN2O4. The number of hydrogen-bond acceptors (Lipinski definition) is 5. The van der Waals surface area contributed by atoms with Crippen LogP contribution < -0.4 is 5.32 Å². The van der Waals surface area contributed by atoms with Gasteiger partial charge in [0.25, 0.3) is 5.91 Å². The van der Waals surface area contributed by atoms with Crippen molar-refractivity contribution in [1.29, 1.82) is 0 Å². The van der Waals surface area contributed by atoms with Crippen LogP contribution in [0.2, 0.25) is 5.15 Å². The zero-order chi connectivity index (χ0) is 17.1. The largest absolute Gasteiger partial charge is 0.465 e. The Morgan fingerprint density at radius 2 is 2.00 bits per heavy atom. The van der Waals surface area contributed by atoms with Crippen molar-refractivity contribution >= 4 is 29.2 Å². The number of nitrogens with one attached hydrogen (secondary N) is 1. The van der Waals surface area contributed by atoms with E-state index in [0.29, 0.717) is 28.3 Å². The molecule has 0 spiro atoms. The summed E-state index contributed by atoms with van der Waals surface area (Å²) in [4.78, 5) is 28.2. The van der Waals surface area contributed by atoms with Crippen molar-refractivity contribution in [2.45, 2.75) is 33.8 Å². The molecule has 0 radical (unpaired) electrons. The summed E-state index contributed by atoms with van der Waals surface area (Å²) in [7, 11) is 0. The monoisotopic (exact) mass is 336 g/mol. The molecule has 6 nitrogen and oxygen atoms in total. The number of hydrogen-bond donors (Lipinski definition) is 1. The number of ether oxygens (including phenoxy) is 1. The molecular weight excluding hydrogens is 320 g/mol. The van der Waals surface area contributed by atoms with E-state index in [0.717, 1.165) is 0 Å². The molecule has 1 N–H and O–H groups in total. The molecule has 2 aromatic heterocycles. The lowest BCUT2D eigenvalue weighted by Crippen LogP contribution is -2.30. The summed E-state index contributed by atoms with van der Waals surface area (Å²) in [6.45, 7) is 6.69. The Morgan fingerprint density at radius 1 is 1.30 bits per heavy atom. The second kappa shape index (κ2) is 6.83. The Labute approximate surface area is 138 Å². The number of amides is 1. The molecule has 0 aliphatic heterocycles. The van der Waals surface area contributed by atoms with Crippen molar-refractivity contribution in [3.8, 4) is 0 Å². The van der Waals surface area contributed by atoms with E-state index in [1.807, 2.05) is 0 Å². The fourth-order valence-corrected chi connectivity index (χ4v) is 2.25. The average Bonchev–Trinajstić information content (AvgIpc) is 2.74. The molecule has 2 heterocycles. The van der Waals surface area contributed by atoms with Crippen molar-refractivity contribution in [2.75, 3.05) is 5.32 Å². The lowest BCUT2D eigenvalue weighted by Gasteiger charge is -2.14. The molecule has 23 heavy (non-hydrogen) atoms. The normalized spacial score (nSPS) is 11.9. The lowest BCUT2D eigenvalue weighted by atomic mass is 10.1. The number of carbonyl (C=O) groups is 2. The summed E-state index contributed by atoms with van der Waals surface area (Å²) in [6, 6.07) is 3.24. The van der Waals surface area contributed by atoms with Gasteiger partial charge in [0.2, 0.25) is 0 Å². The molecule has 1 atom stereocenters. The summed E-state index contributed by atoms with van der Waals surface area (Å²) in [5.41, 5.74) is 1.41. The lowest BCUT2D eigenvalue weighted by molar-refractivity contribution is -0.123. The second-order valence-electron chi connectivity index (χ2n) is 5.09. The van der Waals surface area contributed by atoms with Gasteiger partial charge in [0.05, 0.1) is 5.69 Å². The van der Waals surface area contributed by atoms with Gasteiger partial charge in [0.1, 0.15) is 17.1 Å². The SMILES string of the molecule is Cc1oc(C)c(C(=O)OC(C)C(=O)Nc2cccnc2Cl)c1C. The molecule has 122 valence electrons. The van der Waals surface area contributed by atoms with E-state index >= 15 is 0 Å². The number of aryl methyl sites for hydroxylation is 2. The molecule has 0 aromatic carbocycles. The fraction of sp³-hybridized carbons (Fsp3) is 0.312. The molecule has 0 saturated heterocycles. The number of furan rings is 1.